The van der Waals surface area contributed by atoms with Crippen molar-refractivity contribution >= 4 is 11.8 Å². The van der Waals surface area contributed by atoms with Gasteiger partial charge in [0, 0.05) is 12.6 Å². The third-order valence-corrected chi connectivity index (χ3v) is 4.01. The van der Waals surface area contributed by atoms with Crippen molar-refractivity contribution in [3.05, 3.63) is 35.6 Å². The van der Waals surface area contributed by atoms with Crippen LogP contribution in [0.15, 0.2) is 24.3 Å². The first-order valence-corrected chi connectivity index (χ1v) is 7.46. The molecule has 5 heteroatoms. The molecule has 0 radical (unpaired) electrons. The number of carbonyl (C=O) groups excluding carboxylic acids is 2. The van der Waals surface area contributed by atoms with E-state index in [1.165, 1.54) is 12.1 Å². The summed E-state index contributed by atoms with van der Waals surface area (Å²) in [5.41, 5.74) is 0.982. The van der Waals surface area contributed by atoms with E-state index in [1.807, 2.05) is 0 Å². The molecule has 0 spiro atoms. The van der Waals surface area contributed by atoms with E-state index in [-0.39, 0.29) is 29.5 Å². The number of benzene rings is 1. The standard InChI is InChI=1S/C16H19FN2O2/c17-11-3-1-10(2-4-11)7-8-18-15(20)13-9-14(13)16(21)19-12-5-6-12/h1-4,12-14H,5-9H2,(H,18,20)(H,19,21). The minimum Gasteiger partial charge on any atom is -0.356 e. The van der Waals surface area contributed by atoms with Crippen molar-refractivity contribution in [1.82, 2.24) is 10.6 Å². The van der Waals surface area contributed by atoms with Crippen molar-refractivity contribution in [3.8, 4) is 0 Å². The highest BCUT2D eigenvalue weighted by Crippen LogP contribution is 2.39. The van der Waals surface area contributed by atoms with E-state index >= 15 is 0 Å². The Balaban J connectivity index is 1.37. The normalized spacial score (nSPS) is 23.5. The smallest absolute Gasteiger partial charge is 0.224 e. The zero-order valence-corrected chi connectivity index (χ0v) is 11.8. The predicted molar refractivity (Wildman–Crippen MR) is 75.9 cm³/mol. The van der Waals surface area contributed by atoms with E-state index in [0.717, 1.165) is 18.4 Å². The van der Waals surface area contributed by atoms with Crippen molar-refractivity contribution in [3.63, 3.8) is 0 Å². The van der Waals surface area contributed by atoms with Gasteiger partial charge in [0.2, 0.25) is 11.8 Å². The van der Waals surface area contributed by atoms with Crippen molar-refractivity contribution in [1.29, 1.82) is 0 Å². The Bertz CT molecular complexity index is 540. The van der Waals surface area contributed by atoms with Gasteiger partial charge in [0.05, 0.1) is 11.8 Å². The molecule has 112 valence electrons. The number of halogens is 1. The lowest BCUT2D eigenvalue weighted by Gasteiger charge is -2.05. The van der Waals surface area contributed by atoms with Crippen LogP contribution in [0.2, 0.25) is 0 Å². The molecule has 2 unspecified atom stereocenters. The molecule has 21 heavy (non-hydrogen) atoms. The van der Waals surface area contributed by atoms with Crippen LogP contribution in [0, 0.1) is 17.7 Å². The van der Waals surface area contributed by atoms with E-state index in [4.69, 9.17) is 0 Å². The Morgan fingerprint density at radius 2 is 1.76 bits per heavy atom. The summed E-state index contributed by atoms with van der Waals surface area (Å²) in [6, 6.07) is 6.60. The van der Waals surface area contributed by atoms with Crippen LogP contribution in [-0.4, -0.2) is 24.4 Å². The van der Waals surface area contributed by atoms with Gasteiger partial charge in [-0.3, -0.25) is 9.59 Å². The van der Waals surface area contributed by atoms with Crippen LogP contribution in [-0.2, 0) is 16.0 Å². The van der Waals surface area contributed by atoms with E-state index in [2.05, 4.69) is 10.6 Å². The van der Waals surface area contributed by atoms with Crippen LogP contribution in [0.3, 0.4) is 0 Å². The van der Waals surface area contributed by atoms with Gasteiger partial charge in [-0.15, -0.1) is 0 Å². The second kappa shape index (κ2) is 5.84. The zero-order chi connectivity index (χ0) is 14.8. The van der Waals surface area contributed by atoms with Gasteiger partial charge in [-0.25, -0.2) is 4.39 Å². The molecule has 2 N–H and O–H groups in total. The van der Waals surface area contributed by atoms with Gasteiger partial charge < -0.3 is 10.6 Å². The Kier molecular flexibility index (Phi) is 3.90. The summed E-state index contributed by atoms with van der Waals surface area (Å²) in [5.74, 6) is -0.595. The summed E-state index contributed by atoms with van der Waals surface area (Å²) in [5, 5.41) is 5.78. The lowest BCUT2D eigenvalue weighted by molar-refractivity contribution is -0.127. The number of nitrogens with one attached hydrogen (secondary N) is 2. The lowest BCUT2D eigenvalue weighted by atomic mass is 10.1. The van der Waals surface area contributed by atoms with Gasteiger partial charge in [-0.1, -0.05) is 12.1 Å². The maximum atomic E-state index is 12.8. The summed E-state index contributed by atoms with van der Waals surface area (Å²) in [6.45, 7) is 0.512. The van der Waals surface area contributed by atoms with Gasteiger partial charge in [-0.05, 0) is 43.4 Å². The molecule has 2 aliphatic carbocycles. The quantitative estimate of drug-likeness (QED) is 0.832. The van der Waals surface area contributed by atoms with E-state index in [9.17, 15) is 14.0 Å². The fourth-order valence-electron chi connectivity index (χ4n) is 2.42. The number of carbonyl (C=O) groups is 2. The number of rotatable bonds is 6. The third kappa shape index (κ3) is 3.80. The molecule has 0 saturated heterocycles. The summed E-state index contributed by atoms with van der Waals surface area (Å²) < 4.78 is 12.8. The zero-order valence-electron chi connectivity index (χ0n) is 11.8. The molecule has 0 bridgehead atoms. The van der Waals surface area contributed by atoms with Crippen LogP contribution < -0.4 is 10.6 Å². The average Bonchev–Trinajstić information content (AvgIpc) is 3.34. The molecule has 2 atom stereocenters. The molecule has 2 saturated carbocycles. The first-order valence-electron chi connectivity index (χ1n) is 7.46. The Hall–Kier alpha value is -1.91. The van der Waals surface area contributed by atoms with Crippen LogP contribution >= 0.6 is 0 Å². The topological polar surface area (TPSA) is 58.2 Å². The monoisotopic (exact) mass is 290 g/mol. The fourth-order valence-corrected chi connectivity index (χ4v) is 2.42. The Labute approximate surface area is 123 Å². The molecule has 0 heterocycles. The maximum Gasteiger partial charge on any atom is 0.224 e. The van der Waals surface area contributed by atoms with Gasteiger partial charge in [-0.2, -0.15) is 0 Å². The SMILES string of the molecule is O=C(NCCc1ccc(F)cc1)C1CC1C(=O)NC1CC1. The minimum atomic E-state index is -0.259. The van der Waals surface area contributed by atoms with Crippen molar-refractivity contribution in [2.75, 3.05) is 6.54 Å². The molecular weight excluding hydrogens is 271 g/mol. The molecule has 1 aromatic carbocycles. The Morgan fingerprint density at radius 3 is 2.43 bits per heavy atom. The van der Waals surface area contributed by atoms with Crippen LogP contribution in [0.1, 0.15) is 24.8 Å². The molecule has 4 nitrogen and oxygen atoms in total. The summed E-state index contributed by atoms with van der Waals surface area (Å²) >= 11 is 0. The van der Waals surface area contributed by atoms with E-state index < -0.39 is 0 Å². The number of hydrogen-bond acceptors (Lipinski definition) is 2. The van der Waals surface area contributed by atoms with Crippen molar-refractivity contribution in [2.24, 2.45) is 11.8 Å². The molecular formula is C16H19FN2O2. The minimum absolute atomic E-state index is 0.0242. The maximum absolute atomic E-state index is 12.8. The summed E-state index contributed by atoms with van der Waals surface area (Å²) in [6.07, 6.45) is 3.44. The molecule has 2 fully saturated rings. The highest BCUT2D eigenvalue weighted by Gasteiger charge is 2.48. The van der Waals surface area contributed by atoms with Gasteiger partial charge in [0.1, 0.15) is 5.82 Å². The van der Waals surface area contributed by atoms with Gasteiger partial charge >= 0.3 is 0 Å². The van der Waals surface area contributed by atoms with E-state index in [0.29, 0.717) is 25.4 Å². The second-order valence-corrected chi connectivity index (χ2v) is 5.90. The average molecular weight is 290 g/mol. The third-order valence-electron chi connectivity index (χ3n) is 4.01. The van der Waals surface area contributed by atoms with Crippen LogP contribution in [0.25, 0.3) is 0 Å². The molecule has 0 aliphatic heterocycles. The molecule has 2 aliphatic rings. The van der Waals surface area contributed by atoms with Crippen molar-refractivity contribution < 1.29 is 14.0 Å². The van der Waals surface area contributed by atoms with Gasteiger partial charge in [0.25, 0.3) is 0 Å². The molecule has 0 aromatic heterocycles. The number of hydrogen-bond donors (Lipinski definition) is 2. The molecule has 3 rings (SSSR count). The molecule has 1 aromatic rings. The van der Waals surface area contributed by atoms with Crippen LogP contribution in [0.5, 0.6) is 0 Å². The largest absolute Gasteiger partial charge is 0.356 e. The highest BCUT2D eigenvalue weighted by atomic mass is 19.1. The lowest BCUT2D eigenvalue weighted by Crippen LogP contribution is -2.32. The fraction of sp³-hybridized carbons (Fsp3) is 0.500. The Morgan fingerprint density at radius 1 is 1.10 bits per heavy atom. The predicted octanol–water partition coefficient (Wildman–Crippen LogP) is 1.40. The first-order chi connectivity index (χ1) is 10.1. The molecule has 2 amide bonds. The van der Waals surface area contributed by atoms with Crippen molar-refractivity contribution in [2.45, 2.75) is 31.7 Å². The number of amides is 2. The van der Waals surface area contributed by atoms with Crippen LogP contribution in [0.4, 0.5) is 4.39 Å². The van der Waals surface area contributed by atoms with Gasteiger partial charge in [0.15, 0.2) is 0 Å². The summed E-state index contributed by atoms with van der Waals surface area (Å²) in [4.78, 5) is 23.7. The first kappa shape index (κ1) is 14.0. The highest BCUT2D eigenvalue weighted by molar-refractivity contribution is 5.92. The van der Waals surface area contributed by atoms with E-state index in [1.54, 1.807) is 12.1 Å². The second-order valence-electron chi connectivity index (χ2n) is 5.90. The summed E-state index contributed by atoms with van der Waals surface area (Å²) in [7, 11) is 0.